The molecule has 1 heterocycles. The zero-order chi connectivity index (χ0) is 23.0. The van der Waals surface area contributed by atoms with Crippen LogP contribution in [0.1, 0.15) is 56.1 Å². The molecule has 1 aliphatic heterocycles. The van der Waals surface area contributed by atoms with Crippen molar-refractivity contribution in [2.45, 2.75) is 57.1 Å². The highest BCUT2D eigenvalue weighted by atomic mass is 32.2. The van der Waals surface area contributed by atoms with E-state index in [4.69, 9.17) is 4.74 Å². The fourth-order valence-corrected chi connectivity index (χ4v) is 4.41. The zero-order valence-corrected chi connectivity index (χ0v) is 19.0. The molecule has 7 nitrogen and oxygen atoms in total. The van der Waals surface area contributed by atoms with Crippen molar-refractivity contribution in [1.82, 2.24) is 4.72 Å². The van der Waals surface area contributed by atoms with Crippen LogP contribution in [0.4, 0.5) is 0 Å². The van der Waals surface area contributed by atoms with E-state index in [1.165, 1.54) is 19.9 Å². The van der Waals surface area contributed by atoms with Crippen LogP contribution in [-0.2, 0) is 25.0 Å². The topological polar surface area (TPSA) is 102 Å². The van der Waals surface area contributed by atoms with Gasteiger partial charge in [0.05, 0.1) is 4.90 Å². The maximum Gasteiger partial charge on any atom is 0.331 e. The number of esters is 1. The fraction of sp³-hybridized carbons (Fsp3) is 0.348. The second kappa shape index (κ2) is 8.26. The van der Waals surface area contributed by atoms with Gasteiger partial charge in [-0.15, -0.1) is 0 Å². The number of carbonyl (C=O) groups excluding carboxylic acids is 2. The van der Waals surface area contributed by atoms with Crippen LogP contribution in [0, 0.1) is 0 Å². The molecule has 2 atom stereocenters. The molecular formula is C23H26N2O5S. The summed E-state index contributed by atoms with van der Waals surface area (Å²) in [6, 6.07) is 12.6. The van der Waals surface area contributed by atoms with Gasteiger partial charge in [-0.1, -0.05) is 57.2 Å². The first-order valence-corrected chi connectivity index (χ1v) is 11.4. The van der Waals surface area contributed by atoms with Crippen LogP contribution in [0.3, 0.4) is 0 Å². The van der Waals surface area contributed by atoms with E-state index in [0.717, 1.165) is 5.56 Å². The molecule has 1 N–H and O–H groups in total. The van der Waals surface area contributed by atoms with Crippen LogP contribution < -0.4 is 4.72 Å². The summed E-state index contributed by atoms with van der Waals surface area (Å²) in [5.74, 6) is -0.958. The van der Waals surface area contributed by atoms with Crippen molar-refractivity contribution in [3.63, 3.8) is 0 Å². The highest BCUT2D eigenvalue weighted by Gasteiger charge is 2.32. The normalized spacial score (nSPS) is 18.0. The van der Waals surface area contributed by atoms with E-state index in [9.17, 15) is 18.0 Å². The van der Waals surface area contributed by atoms with Crippen molar-refractivity contribution in [2.24, 2.45) is 4.99 Å². The van der Waals surface area contributed by atoms with Crippen molar-refractivity contribution >= 4 is 27.6 Å². The second-order valence-electron chi connectivity index (χ2n) is 8.53. The lowest BCUT2D eigenvalue weighted by molar-refractivity contribution is -0.147. The number of hydrogen-bond donors (Lipinski definition) is 1. The fourth-order valence-electron chi connectivity index (χ4n) is 3.17. The van der Waals surface area contributed by atoms with Gasteiger partial charge in [-0.2, -0.15) is 0 Å². The first-order valence-electron chi connectivity index (χ1n) is 9.95. The number of sulfonamides is 1. The third-order valence-electron chi connectivity index (χ3n) is 5.02. The second-order valence-corrected chi connectivity index (χ2v) is 10.2. The van der Waals surface area contributed by atoms with Crippen LogP contribution in [-0.4, -0.2) is 38.2 Å². The summed E-state index contributed by atoms with van der Waals surface area (Å²) >= 11 is 0. The number of nitrogens with one attached hydrogen (secondary N) is 1. The van der Waals surface area contributed by atoms with Gasteiger partial charge in [0.2, 0.25) is 5.78 Å². The van der Waals surface area contributed by atoms with Gasteiger partial charge in [-0.25, -0.2) is 13.2 Å². The summed E-state index contributed by atoms with van der Waals surface area (Å²) in [6.45, 7) is 9.24. The summed E-state index contributed by atoms with van der Waals surface area (Å²) < 4.78 is 32.0. The number of rotatable bonds is 5. The van der Waals surface area contributed by atoms with E-state index in [0.29, 0.717) is 11.1 Å². The van der Waals surface area contributed by atoms with Crippen LogP contribution >= 0.6 is 0 Å². The molecule has 31 heavy (non-hydrogen) atoms. The van der Waals surface area contributed by atoms with Gasteiger partial charge in [0.15, 0.2) is 6.10 Å². The lowest BCUT2D eigenvalue weighted by Gasteiger charge is -2.19. The monoisotopic (exact) mass is 442 g/mol. The Morgan fingerprint density at radius 2 is 1.61 bits per heavy atom. The highest BCUT2D eigenvalue weighted by molar-refractivity contribution is 7.90. The molecule has 0 spiro atoms. The van der Waals surface area contributed by atoms with E-state index >= 15 is 0 Å². The highest BCUT2D eigenvalue weighted by Crippen LogP contribution is 2.24. The van der Waals surface area contributed by atoms with Gasteiger partial charge in [0, 0.05) is 11.1 Å². The summed E-state index contributed by atoms with van der Waals surface area (Å²) in [6.07, 6.45) is -0.997. The Hall–Kier alpha value is -3.00. The molecule has 0 saturated heterocycles. The van der Waals surface area contributed by atoms with Crippen LogP contribution in [0.5, 0.6) is 0 Å². The van der Waals surface area contributed by atoms with Crippen molar-refractivity contribution in [2.75, 3.05) is 0 Å². The molecule has 0 fully saturated rings. The molecule has 1 unspecified atom stereocenters. The minimum atomic E-state index is -3.70. The Balaban J connectivity index is 1.70. The summed E-state index contributed by atoms with van der Waals surface area (Å²) in [4.78, 5) is 29.4. The molecule has 164 valence electrons. The van der Waals surface area contributed by atoms with Gasteiger partial charge < -0.3 is 4.74 Å². The van der Waals surface area contributed by atoms with Gasteiger partial charge in [0.1, 0.15) is 11.9 Å². The third-order valence-corrected chi connectivity index (χ3v) is 6.42. The lowest BCUT2D eigenvalue weighted by atomic mass is 9.86. The maximum absolute atomic E-state index is 12.7. The van der Waals surface area contributed by atoms with Crippen LogP contribution in [0.15, 0.2) is 58.4 Å². The van der Waals surface area contributed by atoms with Crippen molar-refractivity contribution in [1.29, 1.82) is 0 Å². The third kappa shape index (κ3) is 4.85. The zero-order valence-electron chi connectivity index (χ0n) is 18.2. The van der Waals surface area contributed by atoms with E-state index in [2.05, 4.69) is 30.5 Å². The SMILES string of the molecule is CC(OC(=O)[C@H](C)N=C1NS(=O)(=O)c2ccccc21)C(=O)c1ccc(C(C)(C)C)cc1. The largest absolute Gasteiger partial charge is 0.453 e. The van der Waals surface area contributed by atoms with Crippen molar-refractivity contribution in [3.8, 4) is 0 Å². The van der Waals surface area contributed by atoms with Gasteiger partial charge in [0.25, 0.3) is 10.0 Å². The summed E-state index contributed by atoms with van der Waals surface area (Å²) in [7, 11) is -3.70. The number of ketones is 1. The van der Waals surface area contributed by atoms with Gasteiger partial charge in [-0.3, -0.25) is 14.5 Å². The number of aliphatic imine (C=N–C) groups is 1. The Bertz CT molecular complexity index is 1150. The number of ether oxygens (including phenoxy) is 1. The minimum absolute atomic E-state index is 0.0331. The van der Waals surface area contributed by atoms with Gasteiger partial charge in [-0.05, 0) is 37.0 Å². The number of carbonyl (C=O) groups is 2. The average molecular weight is 443 g/mol. The molecule has 0 aliphatic carbocycles. The maximum atomic E-state index is 12.7. The summed E-state index contributed by atoms with van der Waals surface area (Å²) in [5, 5.41) is 0. The number of hydrogen-bond acceptors (Lipinski definition) is 6. The Kier molecular flexibility index (Phi) is 6.04. The first-order chi connectivity index (χ1) is 14.4. The molecule has 8 heteroatoms. The van der Waals surface area contributed by atoms with Crippen molar-refractivity contribution in [3.05, 3.63) is 65.2 Å². The number of amidine groups is 1. The first kappa shape index (κ1) is 22.7. The molecule has 3 rings (SSSR count). The molecule has 0 aromatic heterocycles. The molecule has 0 bridgehead atoms. The number of benzene rings is 2. The Labute approximate surface area is 182 Å². The Morgan fingerprint density at radius 1 is 1.00 bits per heavy atom. The molecule has 0 amide bonds. The molecule has 2 aromatic rings. The predicted octanol–water partition coefficient (Wildman–Crippen LogP) is 3.23. The van der Waals surface area contributed by atoms with E-state index in [1.54, 1.807) is 30.3 Å². The number of Topliss-reactive ketones (excluding diaryl/α,β-unsaturated/α-hetero) is 1. The van der Waals surface area contributed by atoms with Crippen molar-refractivity contribution < 1.29 is 22.7 Å². The minimum Gasteiger partial charge on any atom is -0.453 e. The van der Waals surface area contributed by atoms with E-state index in [-0.39, 0.29) is 21.9 Å². The lowest BCUT2D eigenvalue weighted by Crippen LogP contribution is -2.31. The average Bonchev–Trinajstić information content (AvgIpc) is 2.97. The molecule has 2 aromatic carbocycles. The van der Waals surface area contributed by atoms with Crippen LogP contribution in [0.2, 0.25) is 0 Å². The Morgan fingerprint density at radius 3 is 2.23 bits per heavy atom. The molecule has 1 aliphatic rings. The number of fused-ring (bicyclic) bond motifs is 1. The standard InChI is InChI=1S/C23H26N2O5S/c1-14(24-21-18-8-6-7-9-19(18)31(28,29)25-21)22(27)30-15(2)20(26)16-10-12-17(13-11-16)23(3,4)5/h6-15H,1-5H3,(H,24,25)/t14-,15?/m0/s1. The molecular weight excluding hydrogens is 416 g/mol. The van der Waals surface area contributed by atoms with Crippen LogP contribution in [0.25, 0.3) is 0 Å². The van der Waals surface area contributed by atoms with Gasteiger partial charge >= 0.3 is 5.97 Å². The predicted molar refractivity (Wildman–Crippen MR) is 118 cm³/mol. The summed E-state index contributed by atoms with van der Waals surface area (Å²) in [5.41, 5.74) is 1.90. The number of nitrogens with zero attached hydrogens (tertiary/aromatic N) is 1. The van der Waals surface area contributed by atoms with E-state index in [1.807, 2.05) is 12.1 Å². The molecule has 0 radical (unpaired) electrons. The van der Waals surface area contributed by atoms with E-state index < -0.39 is 28.1 Å². The smallest absolute Gasteiger partial charge is 0.331 e. The quantitative estimate of drug-likeness (QED) is 0.566. The molecule has 0 saturated carbocycles.